The molecule has 0 atom stereocenters. The highest BCUT2D eigenvalue weighted by atomic mass is 32.2. The number of nitrogens with zero attached hydrogens (tertiary/aromatic N) is 1. The molecule has 31 heavy (non-hydrogen) atoms. The first-order valence-electron chi connectivity index (χ1n) is 9.42. The van der Waals surface area contributed by atoms with Crippen LogP contribution in [-0.4, -0.2) is 26.3 Å². The second kappa shape index (κ2) is 8.49. The van der Waals surface area contributed by atoms with Gasteiger partial charge in [-0.25, -0.2) is 12.8 Å². The van der Waals surface area contributed by atoms with Crippen molar-refractivity contribution < 1.29 is 17.6 Å². The second-order valence-electron chi connectivity index (χ2n) is 7.07. The van der Waals surface area contributed by atoms with Crippen LogP contribution in [0, 0.1) is 5.82 Å². The van der Waals surface area contributed by atoms with E-state index in [0.29, 0.717) is 5.56 Å². The predicted octanol–water partition coefficient (Wildman–Crippen LogP) is 5.11. The molecule has 1 amide bonds. The maximum absolute atomic E-state index is 13.5. The lowest BCUT2D eigenvalue weighted by Crippen LogP contribution is -2.27. The fourth-order valence-corrected chi connectivity index (χ4v) is 5.36. The molecule has 3 aromatic carbocycles. The summed E-state index contributed by atoms with van der Waals surface area (Å²) < 4.78 is 41.9. The number of amides is 1. The first-order valence-corrected chi connectivity index (χ1v) is 11.8. The van der Waals surface area contributed by atoms with Gasteiger partial charge in [-0.05, 0) is 52.0 Å². The van der Waals surface area contributed by atoms with E-state index in [9.17, 15) is 17.6 Å². The normalized spacial score (nSPS) is 11.4. The summed E-state index contributed by atoms with van der Waals surface area (Å²) in [7, 11) is -2.24. The smallest absolute Gasteiger partial charge is 0.271 e. The molecule has 158 valence electrons. The van der Waals surface area contributed by atoms with Crippen LogP contribution in [0.25, 0.3) is 10.8 Å². The van der Waals surface area contributed by atoms with E-state index in [1.807, 2.05) is 24.3 Å². The van der Waals surface area contributed by atoms with Crippen LogP contribution in [0.2, 0.25) is 0 Å². The van der Waals surface area contributed by atoms with Crippen LogP contribution in [0.15, 0.2) is 82.4 Å². The van der Waals surface area contributed by atoms with Gasteiger partial charge in [-0.3, -0.25) is 9.52 Å². The number of halogens is 1. The molecule has 1 N–H and O–H groups in total. The van der Waals surface area contributed by atoms with Crippen LogP contribution >= 0.6 is 11.3 Å². The number of benzene rings is 3. The Balaban J connectivity index is 1.73. The maximum Gasteiger partial charge on any atom is 0.271 e. The molecule has 0 radical (unpaired) electrons. The lowest BCUT2D eigenvalue weighted by molar-refractivity contribution is 0.0786. The first-order chi connectivity index (χ1) is 14.8. The minimum Gasteiger partial charge on any atom is -0.337 e. The topological polar surface area (TPSA) is 66.5 Å². The average Bonchev–Trinajstić information content (AvgIpc) is 3.28. The van der Waals surface area contributed by atoms with Crippen molar-refractivity contribution in [2.45, 2.75) is 10.8 Å². The van der Waals surface area contributed by atoms with Gasteiger partial charge in [0.2, 0.25) is 0 Å². The number of fused-ring (bicyclic) bond motifs is 1. The highest BCUT2D eigenvalue weighted by molar-refractivity contribution is 7.94. The summed E-state index contributed by atoms with van der Waals surface area (Å²) in [5.41, 5.74) is 1.05. The monoisotopic (exact) mass is 454 g/mol. The lowest BCUT2D eigenvalue weighted by Gasteiger charge is -2.20. The Labute approximate surface area is 183 Å². The van der Waals surface area contributed by atoms with Gasteiger partial charge >= 0.3 is 0 Å². The lowest BCUT2D eigenvalue weighted by atomic mass is 10.0. The third kappa shape index (κ3) is 4.60. The van der Waals surface area contributed by atoms with Crippen LogP contribution in [-0.2, 0) is 16.6 Å². The molecule has 0 aliphatic carbocycles. The van der Waals surface area contributed by atoms with Crippen molar-refractivity contribution in [3.63, 3.8) is 0 Å². The molecule has 0 unspecified atom stereocenters. The van der Waals surface area contributed by atoms with Gasteiger partial charge in [0, 0.05) is 13.6 Å². The van der Waals surface area contributed by atoms with Crippen molar-refractivity contribution in [2.24, 2.45) is 0 Å². The molecule has 0 saturated heterocycles. The summed E-state index contributed by atoms with van der Waals surface area (Å²) in [5.74, 6) is -0.757. The number of sulfonamides is 1. The summed E-state index contributed by atoms with van der Waals surface area (Å²) in [6.45, 7) is 0.181. The molecule has 1 heterocycles. The summed E-state index contributed by atoms with van der Waals surface area (Å²) >= 11 is 1.10. The Morgan fingerprint density at radius 2 is 1.74 bits per heavy atom. The molecule has 5 nitrogen and oxygen atoms in total. The molecule has 4 aromatic rings. The van der Waals surface area contributed by atoms with Crippen molar-refractivity contribution in [3.05, 3.63) is 95.1 Å². The molecular formula is C23H19FN2O3S2. The minimum absolute atomic E-state index is 0.159. The fraction of sp³-hybridized carbons (Fsp3) is 0.0870. The van der Waals surface area contributed by atoms with Gasteiger partial charge < -0.3 is 4.90 Å². The zero-order valence-electron chi connectivity index (χ0n) is 16.6. The van der Waals surface area contributed by atoms with Crippen LogP contribution < -0.4 is 4.72 Å². The van der Waals surface area contributed by atoms with E-state index in [4.69, 9.17) is 0 Å². The number of hydrogen-bond donors (Lipinski definition) is 1. The quantitative estimate of drug-likeness (QED) is 0.440. The van der Waals surface area contributed by atoms with Gasteiger partial charge in [0.05, 0.1) is 11.3 Å². The van der Waals surface area contributed by atoms with Gasteiger partial charge in [0.25, 0.3) is 15.9 Å². The molecule has 0 fully saturated rings. The molecule has 0 aliphatic heterocycles. The number of anilines is 1. The van der Waals surface area contributed by atoms with E-state index in [2.05, 4.69) is 4.72 Å². The predicted molar refractivity (Wildman–Crippen MR) is 121 cm³/mol. The number of hydrogen-bond acceptors (Lipinski definition) is 4. The van der Waals surface area contributed by atoms with Crippen molar-refractivity contribution in [3.8, 4) is 0 Å². The number of carbonyl (C=O) groups excluding carboxylic acids is 1. The average molecular weight is 455 g/mol. The maximum atomic E-state index is 13.5. The van der Waals surface area contributed by atoms with Crippen molar-refractivity contribution >= 4 is 43.7 Å². The third-order valence-electron chi connectivity index (χ3n) is 4.78. The Bertz CT molecular complexity index is 1350. The Kier molecular flexibility index (Phi) is 5.75. The molecule has 0 spiro atoms. The highest BCUT2D eigenvalue weighted by Gasteiger charge is 2.22. The SMILES string of the molecule is CN(Cc1cccc(F)c1)C(=O)c1cc2ccccc2cc1NS(=O)(=O)c1cccs1. The fourth-order valence-electron chi connectivity index (χ4n) is 3.30. The molecule has 8 heteroatoms. The van der Waals surface area contributed by atoms with Gasteiger partial charge in [-0.1, -0.05) is 42.5 Å². The van der Waals surface area contributed by atoms with E-state index in [0.717, 1.165) is 22.1 Å². The van der Waals surface area contributed by atoms with Crippen LogP contribution in [0.1, 0.15) is 15.9 Å². The number of carbonyl (C=O) groups is 1. The Morgan fingerprint density at radius 1 is 1.00 bits per heavy atom. The van der Waals surface area contributed by atoms with Gasteiger partial charge in [-0.15, -0.1) is 11.3 Å². The largest absolute Gasteiger partial charge is 0.337 e. The van der Waals surface area contributed by atoms with Gasteiger partial charge in [-0.2, -0.15) is 0 Å². The van der Waals surface area contributed by atoms with E-state index in [-0.39, 0.29) is 33.7 Å². The summed E-state index contributed by atoms with van der Waals surface area (Å²) in [4.78, 5) is 14.7. The van der Waals surface area contributed by atoms with Crippen LogP contribution in [0.4, 0.5) is 10.1 Å². The molecule has 1 aromatic heterocycles. The Hall–Kier alpha value is -3.23. The van der Waals surface area contributed by atoms with Gasteiger partial charge in [0.15, 0.2) is 0 Å². The van der Waals surface area contributed by atoms with E-state index in [1.54, 1.807) is 42.8 Å². The van der Waals surface area contributed by atoms with Gasteiger partial charge in [0.1, 0.15) is 10.0 Å². The highest BCUT2D eigenvalue weighted by Crippen LogP contribution is 2.29. The Morgan fingerprint density at radius 3 is 2.42 bits per heavy atom. The zero-order chi connectivity index (χ0) is 22.0. The summed E-state index contributed by atoms with van der Waals surface area (Å²) in [5, 5.41) is 3.29. The molecule has 0 bridgehead atoms. The standard InChI is InChI=1S/C23H19FN2O3S2/c1-26(15-16-6-4-9-19(24)12-16)23(27)20-13-17-7-2-3-8-18(17)14-21(20)25-31(28,29)22-10-5-11-30-22/h2-14,25H,15H2,1H3. The third-order valence-corrected chi connectivity index (χ3v) is 7.54. The number of rotatable bonds is 6. The van der Waals surface area contributed by atoms with Crippen molar-refractivity contribution in [1.29, 1.82) is 0 Å². The molecule has 4 rings (SSSR count). The van der Waals surface area contributed by atoms with Crippen LogP contribution in [0.3, 0.4) is 0 Å². The molecule has 0 saturated carbocycles. The number of nitrogens with one attached hydrogen (secondary N) is 1. The van der Waals surface area contributed by atoms with Crippen molar-refractivity contribution in [1.82, 2.24) is 4.90 Å². The molecule has 0 aliphatic rings. The second-order valence-corrected chi connectivity index (χ2v) is 9.93. The number of thiophene rings is 1. The molecular weight excluding hydrogens is 435 g/mol. The summed E-state index contributed by atoms with van der Waals surface area (Å²) in [6.07, 6.45) is 0. The van der Waals surface area contributed by atoms with E-state index >= 15 is 0 Å². The first kappa shape index (κ1) is 21.0. The minimum atomic E-state index is -3.84. The van der Waals surface area contributed by atoms with Crippen molar-refractivity contribution in [2.75, 3.05) is 11.8 Å². The van der Waals surface area contributed by atoms with E-state index < -0.39 is 10.0 Å². The van der Waals surface area contributed by atoms with Crippen LogP contribution in [0.5, 0.6) is 0 Å². The summed E-state index contributed by atoms with van der Waals surface area (Å²) in [6, 6.07) is 19.9. The zero-order valence-corrected chi connectivity index (χ0v) is 18.2. The van der Waals surface area contributed by atoms with E-state index in [1.165, 1.54) is 23.1 Å².